The summed E-state index contributed by atoms with van der Waals surface area (Å²) in [7, 11) is 0. The van der Waals surface area contributed by atoms with Crippen LogP contribution in [0.3, 0.4) is 0 Å². The SMILES string of the molecule is CC(CN)CC(C)C1CCC1. The lowest BCUT2D eigenvalue weighted by Crippen LogP contribution is -2.23. The third-order valence-electron chi connectivity index (χ3n) is 3.13. The molecule has 0 bridgehead atoms. The molecule has 1 heteroatoms. The van der Waals surface area contributed by atoms with Crippen LogP contribution in [-0.2, 0) is 0 Å². The largest absolute Gasteiger partial charge is 0.330 e. The molecule has 0 heterocycles. The molecular weight excluding hydrogens is 134 g/mol. The molecule has 0 radical (unpaired) electrons. The van der Waals surface area contributed by atoms with Gasteiger partial charge in [0.2, 0.25) is 0 Å². The van der Waals surface area contributed by atoms with Gasteiger partial charge in [0, 0.05) is 0 Å². The lowest BCUT2D eigenvalue weighted by Gasteiger charge is -2.32. The van der Waals surface area contributed by atoms with Crippen LogP contribution in [-0.4, -0.2) is 6.54 Å². The Morgan fingerprint density at radius 1 is 1.36 bits per heavy atom. The molecule has 1 rings (SSSR count). The van der Waals surface area contributed by atoms with Crippen LogP contribution in [0.4, 0.5) is 0 Å². The van der Waals surface area contributed by atoms with Crippen LogP contribution >= 0.6 is 0 Å². The molecule has 1 aliphatic rings. The molecule has 2 unspecified atom stereocenters. The van der Waals surface area contributed by atoms with Gasteiger partial charge in [0.25, 0.3) is 0 Å². The summed E-state index contributed by atoms with van der Waals surface area (Å²) in [5, 5.41) is 0. The normalized spacial score (nSPS) is 24.3. The number of rotatable bonds is 4. The Kier molecular flexibility index (Phi) is 3.38. The van der Waals surface area contributed by atoms with Gasteiger partial charge in [0.15, 0.2) is 0 Å². The molecule has 11 heavy (non-hydrogen) atoms. The Bertz CT molecular complexity index is 107. The predicted octanol–water partition coefficient (Wildman–Crippen LogP) is 2.41. The highest BCUT2D eigenvalue weighted by atomic mass is 14.5. The van der Waals surface area contributed by atoms with Gasteiger partial charge in [0.1, 0.15) is 0 Å². The third kappa shape index (κ3) is 2.48. The van der Waals surface area contributed by atoms with E-state index in [1.165, 1.54) is 25.7 Å². The summed E-state index contributed by atoms with van der Waals surface area (Å²) in [5.74, 6) is 2.68. The fraction of sp³-hybridized carbons (Fsp3) is 1.00. The number of nitrogens with two attached hydrogens (primary N) is 1. The summed E-state index contributed by atoms with van der Waals surface area (Å²) in [5.41, 5.74) is 5.58. The highest BCUT2D eigenvalue weighted by molar-refractivity contribution is 4.76. The Labute approximate surface area is 70.4 Å². The minimum atomic E-state index is 0.727. The van der Waals surface area contributed by atoms with Gasteiger partial charge >= 0.3 is 0 Å². The quantitative estimate of drug-likeness (QED) is 0.663. The third-order valence-corrected chi connectivity index (χ3v) is 3.13. The second kappa shape index (κ2) is 4.10. The zero-order chi connectivity index (χ0) is 8.27. The summed E-state index contributed by atoms with van der Waals surface area (Å²) in [6, 6.07) is 0. The molecule has 0 aromatic carbocycles. The van der Waals surface area contributed by atoms with Gasteiger partial charge in [-0.05, 0) is 30.7 Å². The van der Waals surface area contributed by atoms with E-state index in [4.69, 9.17) is 5.73 Å². The van der Waals surface area contributed by atoms with Crippen molar-refractivity contribution >= 4 is 0 Å². The maximum Gasteiger partial charge on any atom is -0.00514 e. The van der Waals surface area contributed by atoms with Gasteiger partial charge in [-0.25, -0.2) is 0 Å². The van der Waals surface area contributed by atoms with Crippen LogP contribution in [0.1, 0.15) is 39.5 Å². The van der Waals surface area contributed by atoms with Crippen molar-refractivity contribution in [2.24, 2.45) is 23.5 Å². The molecule has 2 N–H and O–H groups in total. The maximum atomic E-state index is 5.58. The van der Waals surface area contributed by atoms with Crippen molar-refractivity contribution in [2.75, 3.05) is 6.54 Å². The first-order valence-corrected chi connectivity index (χ1v) is 4.94. The van der Waals surface area contributed by atoms with E-state index >= 15 is 0 Å². The zero-order valence-corrected chi connectivity index (χ0v) is 7.84. The summed E-state index contributed by atoms with van der Waals surface area (Å²) in [4.78, 5) is 0. The topological polar surface area (TPSA) is 26.0 Å². The minimum Gasteiger partial charge on any atom is -0.330 e. The van der Waals surface area contributed by atoms with E-state index < -0.39 is 0 Å². The monoisotopic (exact) mass is 155 g/mol. The van der Waals surface area contributed by atoms with Crippen LogP contribution in [0.15, 0.2) is 0 Å². The Balaban J connectivity index is 2.13. The van der Waals surface area contributed by atoms with Gasteiger partial charge in [-0.1, -0.05) is 33.1 Å². The van der Waals surface area contributed by atoms with Gasteiger partial charge in [-0.15, -0.1) is 0 Å². The van der Waals surface area contributed by atoms with Crippen LogP contribution < -0.4 is 5.73 Å². The molecule has 0 amide bonds. The van der Waals surface area contributed by atoms with Crippen molar-refractivity contribution in [3.05, 3.63) is 0 Å². The summed E-state index contributed by atoms with van der Waals surface area (Å²) in [6.07, 6.45) is 5.74. The van der Waals surface area contributed by atoms with Crippen molar-refractivity contribution in [2.45, 2.75) is 39.5 Å². The minimum absolute atomic E-state index is 0.727. The molecule has 1 nitrogen and oxygen atoms in total. The molecule has 2 atom stereocenters. The number of hydrogen-bond acceptors (Lipinski definition) is 1. The van der Waals surface area contributed by atoms with E-state index in [-0.39, 0.29) is 0 Å². The fourth-order valence-electron chi connectivity index (χ4n) is 1.93. The highest BCUT2D eigenvalue weighted by Gasteiger charge is 2.24. The summed E-state index contributed by atoms with van der Waals surface area (Å²) in [6.45, 7) is 5.50. The molecular formula is C10H21N. The van der Waals surface area contributed by atoms with Crippen molar-refractivity contribution < 1.29 is 0 Å². The van der Waals surface area contributed by atoms with Crippen LogP contribution in [0.5, 0.6) is 0 Å². The second-order valence-electron chi connectivity index (χ2n) is 4.24. The van der Waals surface area contributed by atoms with E-state index in [0.717, 1.165) is 24.3 Å². The first-order chi connectivity index (χ1) is 5.24. The van der Waals surface area contributed by atoms with Crippen LogP contribution in [0.25, 0.3) is 0 Å². The van der Waals surface area contributed by atoms with Gasteiger partial charge < -0.3 is 5.73 Å². The van der Waals surface area contributed by atoms with E-state index in [2.05, 4.69) is 13.8 Å². The van der Waals surface area contributed by atoms with Gasteiger partial charge in [0.05, 0.1) is 0 Å². The molecule has 0 aromatic rings. The average Bonchev–Trinajstić information content (AvgIpc) is 1.83. The number of hydrogen-bond donors (Lipinski definition) is 1. The molecule has 1 aliphatic carbocycles. The van der Waals surface area contributed by atoms with Crippen molar-refractivity contribution in [1.82, 2.24) is 0 Å². The maximum absolute atomic E-state index is 5.58. The lowest BCUT2D eigenvalue weighted by molar-refractivity contribution is 0.193. The molecule has 0 aromatic heterocycles. The fourth-order valence-corrected chi connectivity index (χ4v) is 1.93. The van der Waals surface area contributed by atoms with E-state index in [0.29, 0.717) is 0 Å². The molecule has 1 saturated carbocycles. The average molecular weight is 155 g/mol. The van der Waals surface area contributed by atoms with Crippen molar-refractivity contribution in [3.8, 4) is 0 Å². The Morgan fingerprint density at radius 2 is 2.00 bits per heavy atom. The first kappa shape index (κ1) is 9.05. The Morgan fingerprint density at radius 3 is 2.36 bits per heavy atom. The molecule has 0 spiro atoms. The molecule has 1 fully saturated rings. The van der Waals surface area contributed by atoms with Crippen molar-refractivity contribution in [3.63, 3.8) is 0 Å². The van der Waals surface area contributed by atoms with Crippen LogP contribution in [0, 0.1) is 17.8 Å². The molecule has 0 saturated heterocycles. The summed E-state index contributed by atoms with van der Waals surface area (Å²) < 4.78 is 0. The van der Waals surface area contributed by atoms with Gasteiger partial charge in [-0.3, -0.25) is 0 Å². The molecule has 0 aliphatic heterocycles. The van der Waals surface area contributed by atoms with E-state index in [1.54, 1.807) is 0 Å². The highest BCUT2D eigenvalue weighted by Crippen LogP contribution is 2.35. The second-order valence-corrected chi connectivity index (χ2v) is 4.24. The summed E-state index contributed by atoms with van der Waals surface area (Å²) >= 11 is 0. The Hall–Kier alpha value is -0.0400. The van der Waals surface area contributed by atoms with E-state index in [9.17, 15) is 0 Å². The predicted molar refractivity (Wildman–Crippen MR) is 49.3 cm³/mol. The first-order valence-electron chi connectivity index (χ1n) is 4.94. The zero-order valence-electron chi connectivity index (χ0n) is 7.84. The lowest BCUT2D eigenvalue weighted by atomic mass is 9.74. The molecule has 66 valence electrons. The van der Waals surface area contributed by atoms with Gasteiger partial charge in [-0.2, -0.15) is 0 Å². The van der Waals surface area contributed by atoms with Crippen molar-refractivity contribution in [1.29, 1.82) is 0 Å². The standard InChI is InChI=1S/C10H21N/c1-8(7-11)6-9(2)10-4-3-5-10/h8-10H,3-7,11H2,1-2H3. The smallest absolute Gasteiger partial charge is 0.00514 e. The van der Waals surface area contributed by atoms with Crippen LogP contribution in [0.2, 0.25) is 0 Å². The van der Waals surface area contributed by atoms with E-state index in [1.807, 2.05) is 0 Å².